The summed E-state index contributed by atoms with van der Waals surface area (Å²) in [4.78, 5) is 0. The molecule has 1 radical (unpaired) electrons. The molecule has 0 N–H and O–H groups in total. The lowest BCUT2D eigenvalue weighted by atomic mass is 10.1. The maximum absolute atomic E-state index is 12.7. The molecule has 0 fully saturated rings. The molecule has 0 aliphatic carbocycles. The highest BCUT2D eigenvalue weighted by molar-refractivity contribution is 5.06. The summed E-state index contributed by atoms with van der Waals surface area (Å²) in [6, 6.07) is 0. The Morgan fingerprint density at radius 3 is 2.40 bits per heavy atom. The molecule has 0 atom stereocenters. The second-order valence-corrected chi connectivity index (χ2v) is 2.59. The minimum atomic E-state index is -0.336. The van der Waals surface area contributed by atoms with Gasteiger partial charge in [0.05, 0.1) is 5.69 Å². The Labute approximate surface area is 59.7 Å². The molecular weight excluding hydrogens is 131 g/mol. The molecule has 1 aromatic rings. The molecule has 0 aliphatic rings. The highest BCUT2D eigenvalue weighted by atomic mass is 19.1. The maximum Gasteiger partial charge on any atom is 0.174 e. The molecule has 1 aromatic heterocycles. The van der Waals surface area contributed by atoms with E-state index in [4.69, 9.17) is 0 Å². The zero-order valence-corrected chi connectivity index (χ0v) is 6.35. The van der Waals surface area contributed by atoms with Crippen molar-refractivity contribution in [3.8, 4) is 0 Å². The van der Waals surface area contributed by atoms with E-state index < -0.39 is 0 Å². The van der Waals surface area contributed by atoms with E-state index in [1.807, 2.05) is 13.8 Å². The standard InChI is InChI=1S/C7H10FN2/c1-5(2)7-6(8)4-9-10(7)3/h5H,1-3H3. The molecule has 0 aliphatic heterocycles. The third kappa shape index (κ3) is 1.03. The van der Waals surface area contributed by atoms with E-state index in [-0.39, 0.29) is 11.7 Å². The van der Waals surface area contributed by atoms with Crippen LogP contribution < -0.4 is 0 Å². The maximum atomic E-state index is 12.7. The van der Waals surface area contributed by atoms with Gasteiger partial charge in [0.2, 0.25) is 0 Å². The highest BCUT2D eigenvalue weighted by Gasteiger charge is 2.11. The van der Waals surface area contributed by atoms with E-state index in [0.29, 0.717) is 5.69 Å². The predicted octanol–water partition coefficient (Wildman–Crippen LogP) is 1.48. The first-order valence-electron chi connectivity index (χ1n) is 3.23. The number of aryl methyl sites for hydroxylation is 1. The first-order valence-corrected chi connectivity index (χ1v) is 3.23. The van der Waals surface area contributed by atoms with Crippen molar-refractivity contribution >= 4 is 0 Å². The molecule has 0 saturated carbocycles. The number of rotatable bonds is 1. The molecule has 0 saturated heterocycles. The van der Waals surface area contributed by atoms with Crippen LogP contribution in [0.25, 0.3) is 0 Å². The summed E-state index contributed by atoms with van der Waals surface area (Å²) in [7, 11) is 1.72. The number of halogens is 1. The van der Waals surface area contributed by atoms with E-state index >= 15 is 0 Å². The van der Waals surface area contributed by atoms with Crippen LogP contribution in [0, 0.1) is 12.0 Å². The summed E-state index contributed by atoms with van der Waals surface area (Å²) in [5, 5.41) is 3.65. The van der Waals surface area contributed by atoms with Gasteiger partial charge in [0.25, 0.3) is 0 Å². The normalized spacial score (nSPS) is 10.9. The largest absolute Gasteiger partial charge is 0.269 e. The van der Waals surface area contributed by atoms with E-state index in [1.54, 1.807) is 7.05 Å². The molecule has 1 rings (SSSR count). The quantitative estimate of drug-likeness (QED) is 0.579. The smallest absolute Gasteiger partial charge is 0.174 e. The summed E-state index contributed by atoms with van der Waals surface area (Å²) in [6.07, 6.45) is 2.26. The molecule has 0 bridgehead atoms. The van der Waals surface area contributed by atoms with Gasteiger partial charge in [-0.3, -0.25) is 4.68 Å². The lowest BCUT2D eigenvalue weighted by Crippen LogP contribution is -2.01. The van der Waals surface area contributed by atoms with Crippen LogP contribution >= 0.6 is 0 Å². The van der Waals surface area contributed by atoms with Crippen LogP contribution in [0.5, 0.6) is 0 Å². The van der Waals surface area contributed by atoms with Gasteiger partial charge in [-0.2, -0.15) is 5.10 Å². The topological polar surface area (TPSA) is 17.8 Å². The van der Waals surface area contributed by atoms with Crippen molar-refractivity contribution in [1.82, 2.24) is 9.78 Å². The third-order valence-electron chi connectivity index (χ3n) is 1.42. The van der Waals surface area contributed by atoms with Crippen molar-refractivity contribution < 1.29 is 4.39 Å². The van der Waals surface area contributed by atoms with Crippen LogP contribution in [0.1, 0.15) is 25.5 Å². The lowest BCUT2D eigenvalue weighted by molar-refractivity contribution is 0.575. The summed E-state index contributed by atoms with van der Waals surface area (Å²) in [5.74, 6) is -0.166. The van der Waals surface area contributed by atoms with Crippen molar-refractivity contribution in [2.75, 3.05) is 0 Å². The van der Waals surface area contributed by atoms with Gasteiger partial charge >= 0.3 is 0 Å². The molecule has 0 aromatic carbocycles. The van der Waals surface area contributed by atoms with E-state index in [9.17, 15) is 4.39 Å². The second-order valence-electron chi connectivity index (χ2n) is 2.59. The Bertz CT molecular complexity index is 208. The average Bonchev–Trinajstić information content (AvgIpc) is 2.11. The van der Waals surface area contributed by atoms with Crippen LogP contribution in [0.4, 0.5) is 4.39 Å². The summed E-state index contributed by atoms with van der Waals surface area (Å²) >= 11 is 0. The highest BCUT2D eigenvalue weighted by Crippen LogP contribution is 2.15. The van der Waals surface area contributed by atoms with E-state index in [2.05, 4.69) is 11.3 Å². The summed E-state index contributed by atoms with van der Waals surface area (Å²) < 4.78 is 14.2. The van der Waals surface area contributed by atoms with Gasteiger partial charge in [-0.15, -0.1) is 0 Å². The fraction of sp³-hybridized carbons (Fsp3) is 0.571. The molecular formula is C7H10FN2. The van der Waals surface area contributed by atoms with Crippen LogP contribution in [0.15, 0.2) is 0 Å². The van der Waals surface area contributed by atoms with E-state index in [1.165, 1.54) is 4.68 Å². The Hall–Kier alpha value is -0.860. The van der Waals surface area contributed by atoms with Crippen LogP contribution in [-0.2, 0) is 7.05 Å². The Balaban J connectivity index is 3.10. The van der Waals surface area contributed by atoms with Gasteiger partial charge in [-0.25, -0.2) is 4.39 Å². The number of hydrogen-bond acceptors (Lipinski definition) is 1. The van der Waals surface area contributed by atoms with Crippen molar-refractivity contribution in [1.29, 1.82) is 0 Å². The van der Waals surface area contributed by atoms with Crippen LogP contribution in [0.3, 0.4) is 0 Å². The van der Waals surface area contributed by atoms with Gasteiger partial charge in [-0.1, -0.05) is 13.8 Å². The van der Waals surface area contributed by atoms with Crippen molar-refractivity contribution in [2.45, 2.75) is 19.8 Å². The van der Waals surface area contributed by atoms with Gasteiger partial charge in [-0.05, 0) is 5.92 Å². The monoisotopic (exact) mass is 141 g/mol. The Morgan fingerprint density at radius 1 is 1.60 bits per heavy atom. The lowest BCUT2D eigenvalue weighted by Gasteiger charge is -2.03. The van der Waals surface area contributed by atoms with Crippen molar-refractivity contribution in [2.24, 2.45) is 7.05 Å². The third-order valence-corrected chi connectivity index (χ3v) is 1.42. The van der Waals surface area contributed by atoms with Gasteiger partial charge in [0, 0.05) is 7.05 Å². The first kappa shape index (κ1) is 7.25. The minimum absolute atomic E-state index is 0.170. The summed E-state index contributed by atoms with van der Waals surface area (Å²) in [5.41, 5.74) is 0.611. The van der Waals surface area contributed by atoms with E-state index in [0.717, 1.165) is 0 Å². The Kier molecular flexibility index (Phi) is 1.74. The molecule has 0 unspecified atom stereocenters. The van der Waals surface area contributed by atoms with Crippen molar-refractivity contribution in [3.63, 3.8) is 0 Å². The zero-order chi connectivity index (χ0) is 7.72. The number of hydrogen-bond donors (Lipinski definition) is 0. The zero-order valence-electron chi connectivity index (χ0n) is 6.35. The Morgan fingerprint density at radius 2 is 2.20 bits per heavy atom. The fourth-order valence-corrected chi connectivity index (χ4v) is 0.999. The molecule has 55 valence electrons. The minimum Gasteiger partial charge on any atom is -0.269 e. The number of aromatic nitrogens is 2. The van der Waals surface area contributed by atoms with Gasteiger partial charge in [0.1, 0.15) is 0 Å². The van der Waals surface area contributed by atoms with Crippen LogP contribution in [0.2, 0.25) is 0 Å². The first-order chi connectivity index (χ1) is 4.63. The molecule has 0 spiro atoms. The fourth-order valence-electron chi connectivity index (χ4n) is 0.999. The second kappa shape index (κ2) is 2.40. The molecule has 0 amide bonds. The molecule has 1 heterocycles. The average molecular weight is 141 g/mol. The molecule has 2 nitrogen and oxygen atoms in total. The predicted molar refractivity (Wildman–Crippen MR) is 36.1 cm³/mol. The van der Waals surface area contributed by atoms with Gasteiger partial charge < -0.3 is 0 Å². The SMILES string of the molecule is CC(C)c1c(F)[c]nn1C. The number of nitrogens with zero attached hydrogens (tertiary/aromatic N) is 2. The van der Waals surface area contributed by atoms with Crippen LogP contribution in [-0.4, -0.2) is 9.78 Å². The summed E-state index contributed by atoms with van der Waals surface area (Å²) in [6.45, 7) is 3.85. The van der Waals surface area contributed by atoms with Crippen molar-refractivity contribution in [3.05, 3.63) is 17.7 Å². The molecule has 10 heavy (non-hydrogen) atoms. The van der Waals surface area contributed by atoms with Gasteiger partial charge in [0.15, 0.2) is 12.0 Å². The molecule has 3 heteroatoms.